The minimum Gasteiger partial charge on any atom is -0.442 e. The van der Waals surface area contributed by atoms with E-state index in [4.69, 9.17) is 15.7 Å². The molecular weight excluding hydrogens is 248 g/mol. The Labute approximate surface area is 111 Å². The van der Waals surface area contributed by atoms with Crippen LogP contribution in [0.1, 0.15) is 36.7 Å². The molecule has 19 heavy (non-hydrogen) atoms. The zero-order valence-corrected chi connectivity index (χ0v) is 11.2. The van der Waals surface area contributed by atoms with Crippen LogP contribution in [0.2, 0.25) is 0 Å². The number of rotatable bonds is 2. The number of carbonyl (C=O) groups is 2. The predicted octanol–water partition coefficient (Wildman–Crippen LogP) is 1.43. The monoisotopic (exact) mass is 266 g/mol. The molecule has 3 N–H and O–H groups in total. The van der Waals surface area contributed by atoms with E-state index in [1.165, 1.54) is 12.1 Å². The SMILES string of the molecule is CC(C)(C)OC(=O)N(N)C(=O)c1ccc(CO)cc1. The Balaban J connectivity index is 2.78. The number of ether oxygens (including phenoxy) is 1. The molecule has 6 nitrogen and oxygen atoms in total. The van der Waals surface area contributed by atoms with Gasteiger partial charge in [0.05, 0.1) is 6.61 Å². The minimum absolute atomic E-state index is 0.118. The molecule has 0 radical (unpaired) electrons. The Bertz CT molecular complexity index is 463. The van der Waals surface area contributed by atoms with E-state index in [9.17, 15) is 9.59 Å². The second-order valence-corrected chi connectivity index (χ2v) is 5.01. The summed E-state index contributed by atoms with van der Waals surface area (Å²) in [5.74, 6) is 4.76. The van der Waals surface area contributed by atoms with E-state index >= 15 is 0 Å². The first-order valence-corrected chi connectivity index (χ1v) is 5.76. The number of hydrazine groups is 1. The van der Waals surface area contributed by atoms with Gasteiger partial charge in [0.2, 0.25) is 0 Å². The third kappa shape index (κ3) is 4.35. The second kappa shape index (κ2) is 5.81. The van der Waals surface area contributed by atoms with Crippen LogP contribution in [-0.2, 0) is 11.3 Å². The highest BCUT2D eigenvalue weighted by Gasteiger charge is 2.25. The van der Waals surface area contributed by atoms with Crippen LogP contribution in [0, 0.1) is 0 Å². The summed E-state index contributed by atoms with van der Waals surface area (Å²) in [4.78, 5) is 23.5. The maximum absolute atomic E-state index is 11.9. The smallest absolute Gasteiger partial charge is 0.432 e. The molecule has 0 spiro atoms. The fourth-order valence-electron chi connectivity index (χ4n) is 1.29. The first kappa shape index (κ1) is 15.1. The highest BCUT2D eigenvalue weighted by molar-refractivity contribution is 6.02. The van der Waals surface area contributed by atoms with Crippen molar-refractivity contribution in [1.29, 1.82) is 0 Å². The molecule has 104 valence electrons. The summed E-state index contributed by atoms with van der Waals surface area (Å²) in [7, 11) is 0. The summed E-state index contributed by atoms with van der Waals surface area (Å²) in [6.45, 7) is 4.92. The number of hydrogen-bond donors (Lipinski definition) is 2. The maximum atomic E-state index is 11.9. The van der Waals surface area contributed by atoms with Gasteiger partial charge in [0, 0.05) is 5.56 Å². The van der Waals surface area contributed by atoms with Gasteiger partial charge in [-0.3, -0.25) is 4.79 Å². The topological polar surface area (TPSA) is 92.9 Å². The first-order valence-electron chi connectivity index (χ1n) is 5.76. The molecule has 0 aliphatic heterocycles. The fourth-order valence-corrected chi connectivity index (χ4v) is 1.29. The number of nitrogens with two attached hydrogens (primary N) is 1. The van der Waals surface area contributed by atoms with Crippen LogP contribution >= 0.6 is 0 Å². The summed E-state index contributed by atoms with van der Waals surface area (Å²) in [5, 5.41) is 9.33. The normalized spacial score (nSPS) is 11.0. The molecule has 0 saturated heterocycles. The lowest BCUT2D eigenvalue weighted by Gasteiger charge is -2.23. The minimum atomic E-state index is -0.913. The summed E-state index contributed by atoms with van der Waals surface area (Å²) < 4.78 is 4.99. The van der Waals surface area contributed by atoms with E-state index in [1.54, 1.807) is 32.9 Å². The molecule has 1 aromatic rings. The molecule has 0 aliphatic carbocycles. The Kier molecular flexibility index (Phi) is 4.63. The van der Waals surface area contributed by atoms with E-state index in [2.05, 4.69) is 0 Å². The number of benzene rings is 1. The van der Waals surface area contributed by atoms with Crippen molar-refractivity contribution in [2.24, 2.45) is 5.84 Å². The van der Waals surface area contributed by atoms with Crippen LogP contribution in [-0.4, -0.2) is 27.7 Å². The number of aliphatic hydroxyl groups is 1. The Morgan fingerprint density at radius 3 is 2.21 bits per heavy atom. The highest BCUT2D eigenvalue weighted by atomic mass is 16.6. The largest absolute Gasteiger partial charge is 0.442 e. The third-order valence-corrected chi connectivity index (χ3v) is 2.19. The van der Waals surface area contributed by atoms with Gasteiger partial charge in [-0.15, -0.1) is 0 Å². The molecule has 0 unspecified atom stereocenters. The Morgan fingerprint density at radius 1 is 1.26 bits per heavy atom. The van der Waals surface area contributed by atoms with Crippen LogP contribution < -0.4 is 5.84 Å². The lowest BCUT2D eigenvalue weighted by atomic mass is 10.1. The number of hydrogen-bond acceptors (Lipinski definition) is 5. The van der Waals surface area contributed by atoms with Gasteiger partial charge in [0.15, 0.2) is 0 Å². The van der Waals surface area contributed by atoms with Gasteiger partial charge < -0.3 is 9.84 Å². The standard InChI is InChI=1S/C13H18N2O4/c1-13(2,3)19-12(18)15(14)11(17)10-6-4-9(8-16)5-7-10/h4-7,16H,8,14H2,1-3H3. The second-order valence-electron chi connectivity index (χ2n) is 5.01. The lowest BCUT2D eigenvalue weighted by molar-refractivity contribution is 0.0239. The van der Waals surface area contributed by atoms with E-state index in [1.807, 2.05) is 0 Å². The van der Waals surface area contributed by atoms with E-state index < -0.39 is 17.6 Å². The van der Waals surface area contributed by atoms with E-state index in [0.717, 1.165) is 0 Å². The van der Waals surface area contributed by atoms with Crippen LogP contribution in [0.25, 0.3) is 0 Å². The summed E-state index contributed by atoms with van der Waals surface area (Å²) in [5.41, 5.74) is 0.179. The third-order valence-electron chi connectivity index (χ3n) is 2.19. The number of carbonyl (C=O) groups excluding carboxylic acids is 2. The Hall–Kier alpha value is -1.92. The van der Waals surface area contributed by atoms with Crippen molar-refractivity contribution >= 4 is 12.0 Å². The molecule has 1 aromatic carbocycles. The summed E-state index contributed by atoms with van der Waals surface area (Å²) >= 11 is 0. The molecule has 2 amide bonds. The van der Waals surface area contributed by atoms with Crippen LogP contribution in [0.4, 0.5) is 4.79 Å². The fraction of sp³-hybridized carbons (Fsp3) is 0.385. The molecule has 0 heterocycles. The number of imide groups is 1. The van der Waals surface area contributed by atoms with Crippen molar-refractivity contribution in [1.82, 2.24) is 5.01 Å². The average molecular weight is 266 g/mol. The van der Waals surface area contributed by atoms with Gasteiger partial charge in [0.1, 0.15) is 5.60 Å². The molecule has 1 rings (SSSR count). The molecule has 0 saturated carbocycles. The van der Waals surface area contributed by atoms with Gasteiger partial charge in [-0.2, -0.15) is 5.01 Å². The van der Waals surface area contributed by atoms with Crippen molar-refractivity contribution in [2.75, 3.05) is 0 Å². The van der Waals surface area contributed by atoms with Crippen molar-refractivity contribution in [2.45, 2.75) is 33.0 Å². The number of aliphatic hydroxyl groups excluding tert-OH is 1. The van der Waals surface area contributed by atoms with Crippen molar-refractivity contribution in [3.8, 4) is 0 Å². The Morgan fingerprint density at radius 2 is 1.79 bits per heavy atom. The summed E-state index contributed by atoms with van der Waals surface area (Å²) in [6.07, 6.45) is -0.913. The molecule has 0 fully saturated rings. The van der Waals surface area contributed by atoms with Gasteiger partial charge in [-0.05, 0) is 38.5 Å². The van der Waals surface area contributed by atoms with Crippen LogP contribution in [0.15, 0.2) is 24.3 Å². The van der Waals surface area contributed by atoms with Gasteiger partial charge >= 0.3 is 6.09 Å². The molecule has 0 atom stereocenters. The van der Waals surface area contributed by atoms with Crippen molar-refractivity contribution < 1.29 is 19.4 Å². The first-order chi connectivity index (χ1) is 8.74. The quantitative estimate of drug-likeness (QED) is 0.480. The van der Waals surface area contributed by atoms with Crippen molar-refractivity contribution in [3.63, 3.8) is 0 Å². The molecule has 0 bridgehead atoms. The molecule has 0 aromatic heterocycles. The maximum Gasteiger partial charge on any atom is 0.432 e. The highest BCUT2D eigenvalue weighted by Crippen LogP contribution is 2.11. The van der Waals surface area contributed by atoms with Gasteiger partial charge in [0.25, 0.3) is 5.91 Å². The molecular formula is C13H18N2O4. The molecule has 6 heteroatoms. The number of nitrogens with zero attached hydrogens (tertiary/aromatic N) is 1. The lowest BCUT2D eigenvalue weighted by Crippen LogP contribution is -2.45. The van der Waals surface area contributed by atoms with Crippen molar-refractivity contribution in [3.05, 3.63) is 35.4 Å². The average Bonchev–Trinajstić information content (AvgIpc) is 2.35. The molecule has 0 aliphatic rings. The van der Waals surface area contributed by atoms with Crippen LogP contribution in [0.3, 0.4) is 0 Å². The summed E-state index contributed by atoms with van der Waals surface area (Å²) in [6, 6.07) is 6.13. The zero-order valence-electron chi connectivity index (χ0n) is 11.2. The van der Waals surface area contributed by atoms with E-state index in [0.29, 0.717) is 10.6 Å². The van der Waals surface area contributed by atoms with Gasteiger partial charge in [-0.25, -0.2) is 10.6 Å². The zero-order chi connectivity index (χ0) is 14.6. The van der Waals surface area contributed by atoms with Gasteiger partial charge in [-0.1, -0.05) is 12.1 Å². The predicted molar refractivity (Wildman–Crippen MR) is 69.0 cm³/mol. The number of amides is 2. The van der Waals surface area contributed by atoms with E-state index in [-0.39, 0.29) is 12.2 Å². The van der Waals surface area contributed by atoms with Crippen LogP contribution in [0.5, 0.6) is 0 Å².